The number of thioether (sulfide) groups is 1. The predicted octanol–water partition coefficient (Wildman–Crippen LogP) is 2.79. The highest BCUT2D eigenvalue weighted by Crippen LogP contribution is 2.11. The molecule has 2 N–H and O–H groups in total. The molecular formula is C14H19NO3S. The van der Waals surface area contributed by atoms with Crippen molar-refractivity contribution in [2.45, 2.75) is 26.2 Å². The van der Waals surface area contributed by atoms with Crippen molar-refractivity contribution in [2.24, 2.45) is 0 Å². The van der Waals surface area contributed by atoms with E-state index in [1.165, 1.54) is 0 Å². The number of aliphatic carboxylic acids is 1. The van der Waals surface area contributed by atoms with Crippen LogP contribution in [0.1, 0.15) is 25.3 Å². The SMILES string of the molecule is CCCCSCC(=O)Nc1ccc(CC(=O)O)cc1. The van der Waals surface area contributed by atoms with Gasteiger partial charge in [-0.25, -0.2) is 0 Å². The van der Waals surface area contributed by atoms with Crippen LogP contribution < -0.4 is 5.32 Å². The van der Waals surface area contributed by atoms with E-state index in [4.69, 9.17) is 5.11 Å². The number of nitrogens with one attached hydrogen (secondary N) is 1. The molecule has 0 aromatic heterocycles. The van der Waals surface area contributed by atoms with Crippen molar-refractivity contribution in [3.63, 3.8) is 0 Å². The van der Waals surface area contributed by atoms with E-state index < -0.39 is 5.97 Å². The second kappa shape index (κ2) is 8.58. The lowest BCUT2D eigenvalue weighted by atomic mass is 10.1. The van der Waals surface area contributed by atoms with Crippen LogP contribution in [0, 0.1) is 0 Å². The van der Waals surface area contributed by atoms with Crippen LogP contribution in [0.4, 0.5) is 5.69 Å². The van der Waals surface area contributed by atoms with E-state index in [0.717, 1.165) is 24.2 Å². The summed E-state index contributed by atoms with van der Waals surface area (Å²) in [5.74, 6) is 0.578. The molecule has 0 saturated heterocycles. The van der Waals surface area contributed by atoms with Gasteiger partial charge in [-0.15, -0.1) is 0 Å². The summed E-state index contributed by atoms with van der Waals surface area (Å²) in [6.07, 6.45) is 2.27. The molecule has 0 atom stereocenters. The molecule has 0 radical (unpaired) electrons. The van der Waals surface area contributed by atoms with Crippen LogP contribution >= 0.6 is 11.8 Å². The van der Waals surface area contributed by atoms with Gasteiger partial charge < -0.3 is 10.4 Å². The number of carbonyl (C=O) groups is 2. The van der Waals surface area contributed by atoms with Crippen LogP contribution in [-0.2, 0) is 16.0 Å². The van der Waals surface area contributed by atoms with Gasteiger partial charge >= 0.3 is 5.97 Å². The van der Waals surface area contributed by atoms with Crippen LogP contribution in [-0.4, -0.2) is 28.5 Å². The molecule has 0 bridgehead atoms. The Morgan fingerprint density at radius 1 is 1.26 bits per heavy atom. The Morgan fingerprint density at radius 3 is 2.53 bits per heavy atom. The van der Waals surface area contributed by atoms with Gasteiger partial charge in [0.25, 0.3) is 0 Å². The fourth-order valence-electron chi connectivity index (χ4n) is 1.49. The summed E-state index contributed by atoms with van der Waals surface area (Å²) in [6.45, 7) is 2.12. The Labute approximate surface area is 117 Å². The fraction of sp³-hybridized carbons (Fsp3) is 0.429. The average molecular weight is 281 g/mol. The number of rotatable bonds is 8. The number of carboxylic acids is 1. The number of benzene rings is 1. The van der Waals surface area contributed by atoms with E-state index in [-0.39, 0.29) is 12.3 Å². The topological polar surface area (TPSA) is 66.4 Å². The molecule has 0 saturated carbocycles. The van der Waals surface area contributed by atoms with Gasteiger partial charge in [0.1, 0.15) is 0 Å². The standard InChI is InChI=1S/C14H19NO3S/c1-2-3-8-19-10-13(16)15-12-6-4-11(5-7-12)9-14(17)18/h4-7H,2-3,8-10H2,1H3,(H,15,16)(H,17,18). The van der Waals surface area contributed by atoms with E-state index in [9.17, 15) is 9.59 Å². The smallest absolute Gasteiger partial charge is 0.307 e. The van der Waals surface area contributed by atoms with Gasteiger partial charge in [0, 0.05) is 5.69 Å². The summed E-state index contributed by atoms with van der Waals surface area (Å²) >= 11 is 1.63. The monoisotopic (exact) mass is 281 g/mol. The summed E-state index contributed by atoms with van der Waals surface area (Å²) in [5, 5.41) is 11.4. The first-order chi connectivity index (χ1) is 9.11. The third-order valence-corrected chi connectivity index (χ3v) is 3.51. The average Bonchev–Trinajstić information content (AvgIpc) is 2.36. The highest BCUT2D eigenvalue weighted by Gasteiger charge is 2.04. The maximum Gasteiger partial charge on any atom is 0.307 e. The van der Waals surface area contributed by atoms with E-state index in [0.29, 0.717) is 11.4 Å². The van der Waals surface area contributed by atoms with Gasteiger partial charge in [-0.3, -0.25) is 9.59 Å². The number of hydrogen-bond acceptors (Lipinski definition) is 3. The predicted molar refractivity (Wildman–Crippen MR) is 78.6 cm³/mol. The minimum Gasteiger partial charge on any atom is -0.481 e. The van der Waals surface area contributed by atoms with Crippen LogP contribution in [0.3, 0.4) is 0 Å². The molecular weight excluding hydrogens is 262 g/mol. The third-order valence-electron chi connectivity index (χ3n) is 2.47. The molecule has 1 amide bonds. The summed E-state index contributed by atoms with van der Waals surface area (Å²) in [4.78, 5) is 22.1. The highest BCUT2D eigenvalue weighted by molar-refractivity contribution is 7.99. The lowest BCUT2D eigenvalue weighted by Crippen LogP contribution is -2.14. The summed E-state index contributed by atoms with van der Waals surface area (Å²) in [6, 6.07) is 6.89. The fourth-order valence-corrected chi connectivity index (χ4v) is 2.38. The minimum atomic E-state index is -0.857. The molecule has 19 heavy (non-hydrogen) atoms. The lowest BCUT2D eigenvalue weighted by Gasteiger charge is -2.05. The van der Waals surface area contributed by atoms with E-state index in [2.05, 4.69) is 12.2 Å². The Hall–Kier alpha value is -1.49. The van der Waals surface area contributed by atoms with E-state index in [1.54, 1.807) is 36.0 Å². The summed E-state index contributed by atoms with van der Waals surface area (Å²) in [5.41, 5.74) is 1.43. The summed E-state index contributed by atoms with van der Waals surface area (Å²) < 4.78 is 0. The Morgan fingerprint density at radius 2 is 1.95 bits per heavy atom. The number of unbranched alkanes of at least 4 members (excludes halogenated alkanes) is 1. The Bertz CT molecular complexity index is 417. The first kappa shape index (κ1) is 15.6. The van der Waals surface area contributed by atoms with Crippen molar-refractivity contribution in [1.82, 2.24) is 0 Å². The minimum absolute atomic E-state index is 0.00109. The molecule has 0 aliphatic carbocycles. The van der Waals surface area contributed by atoms with Gasteiger partial charge in [-0.2, -0.15) is 11.8 Å². The number of amides is 1. The lowest BCUT2D eigenvalue weighted by molar-refractivity contribution is -0.136. The van der Waals surface area contributed by atoms with Crippen molar-refractivity contribution < 1.29 is 14.7 Å². The molecule has 104 valence electrons. The molecule has 0 heterocycles. The molecule has 0 fully saturated rings. The van der Waals surface area contributed by atoms with Crippen molar-refractivity contribution in [3.05, 3.63) is 29.8 Å². The van der Waals surface area contributed by atoms with Gasteiger partial charge in [-0.05, 0) is 29.9 Å². The third kappa shape index (κ3) is 6.86. The normalized spacial score (nSPS) is 10.2. The van der Waals surface area contributed by atoms with Crippen LogP contribution in [0.15, 0.2) is 24.3 Å². The van der Waals surface area contributed by atoms with Crippen molar-refractivity contribution >= 4 is 29.3 Å². The molecule has 5 heteroatoms. The molecule has 0 aliphatic rings. The van der Waals surface area contributed by atoms with Crippen molar-refractivity contribution in [1.29, 1.82) is 0 Å². The number of hydrogen-bond donors (Lipinski definition) is 2. The largest absolute Gasteiger partial charge is 0.481 e. The zero-order chi connectivity index (χ0) is 14.1. The molecule has 0 aliphatic heterocycles. The number of carboxylic acid groups (broad SMARTS) is 1. The van der Waals surface area contributed by atoms with Gasteiger partial charge in [-0.1, -0.05) is 25.5 Å². The van der Waals surface area contributed by atoms with E-state index in [1.807, 2.05) is 0 Å². The molecule has 1 aromatic carbocycles. The second-order valence-corrected chi connectivity index (χ2v) is 5.33. The Kier molecular flexibility index (Phi) is 7.03. The van der Waals surface area contributed by atoms with Crippen molar-refractivity contribution in [3.8, 4) is 0 Å². The molecule has 1 aromatic rings. The molecule has 4 nitrogen and oxygen atoms in total. The number of carbonyl (C=O) groups excluding carboxylic acids is 1. The highest BCUT2D eigenvalue weighted by atomic mass is 32.2. The number of anilines is 1. The first-order valence-corrected chi connectivity index (χ1v) is 7.45. The van der Waals surface area contributed by atoms with Crippen LogP contribution in [0.2, 0.25) is 0 Å². The molecule has 0 unspecified atom stereocenters. The maximum atomic E-state index is 11.6. The van der Waals surface area contributed by atoms with Gasteiger partial charge in [0.2, 0.25) is 5.91 Å². The summed E-state index contributed by atoms with van der Waals surface area (Å²) in [7, 11) is 0. The molecule has 1 rings (SSSR count). The van der Waals surface area contributed by atoms with Gasteiger partial charge in [0.15, 0.2) is 0 Å². The second-order valence-electron chi connectivity index (χ2n) is 4.22. The van der Waals surface area contributed by atoms with E-state index >= 15 is 0 Å². The first-order valence-electron chi connectivity index (χ1n) is 6.30. The zero-order valence-corrected chi connectivity index (χ0v) is 11.8. The van der Waals surface area contributed by atoms with Crippen LogP contribution in [0.5, 0.6) is 0 Å². The Balaban J connectivity index is 2.36. The van der Waals surface area contributed by atoms with Crippen LogP contribution in [0.25, 0.3) is 0 Å². The zero-order valence-electron chi connectivity index (χ0n) is 11.0. The molecule has 0 spiro atoms. The maximum absolute atomic E-state index is 11.6. The quantitative estimate of drug-likeness (QED) is 0.719. The van der Waals surface area contributed by atoms with Crippen molar-refractivity contribution in [2.75, 3.05) is 16.8 Å². The van der Waals surface area contributed by atoms with Gasteiger partial charge in [0.05, 0.1) is 12.2 Å².